The van der Waals surface area contributed by atoms with E-state index in [0.717, 1.165) is 71.4 Å². The lowest BCUT2D eigenvalue weighted by atomic mass is 9.91. The summed E-state index contributed by atoms with van der Waals surface area (Å²) in [6, 6.07) is 61.6. The van der Waals surface area contributed by atoms with Gasteiger partial charge in [0.1, 0.15) is 5.44 Å². The Morgan fingerprint density at radius 1 is 0.471 bits per heavy atom. The molecule has 0 fully saturated rings. The Labute approximate surface area is 296 Å². The van der Waals surface area contributed by atoms with Crippen molar-refractivity contribution in [1.29, 1.82) is 0 Å². The minimum Gasteiger partial charge on any atom is -0.307 e. The lowest BCUT2D eigenvalue weighted by molar-refractivity contribution is 0.592. The van der Waals surface area contributed by atoms with Crippen LogP contribution in [0, 0.1) is 0 Å². The number of hydrogen-bond donors (Lipinski definition) is 0. The normalized spacial score (nSPS) is 11.6. The Morgan fingerprint density at radius 2 is 1.02 bits per heavy atom. The molecule has 2 aromatic heterocycles. The molecule has 0 radical (unpaired) electrons. The van der Waals surface area contributed by atoms with Crippen molar-refractivity contribution in [3.63, 3.8) is 0 Å². The maximum Gasteiger partial charge on any atom is 0.191 e. The van der Waals surface area contributed by atoms with Gasteiger partial charge in [-0.3, -0.25) is 4.98 Å². The Morgan fingerprint density at radius 3 is 1.69 bits per heavy atom. The molecular weight excluding hydrogens is 642 g/mol. The molecule has 4 nitrogen and oxygen atoms in total. The molecule has 0 unspecified atom stereocenters. The second-order valence-electron chi connectivity index (χ2n) is 12.6. The lowest BCUT2D eigenvalue weighted by Gasteiger charge is -2.20. The molecule has 0 saturated carbocycles. The van der Waals surface area contributed by atoms with Crippen LogP contribution in [0.1, 0.15) is 0 Å². The number of nitrogens with zero attached hydrogens (tertiary/aromatic N) is 3. The van der Waals surface area contributed by atoms with Gasteiger partial charge in [0.25, 0.3) is 0 Å². The summed E-state index contributed by atoms with van der Waals surface area (Å²) >= 11 is 0. The van der Waals surface area contributed by atoms with Crippen molar-refractivity contribution in [2.75, 3.05) is 0 Å². The number of pyridine rings is 1. The molecule has 51 heavy (non-hydrogen) atoms. The summed E-state index contributed by atoms with van der Waals surface area (Å²) in [5.41, 5.74) is 7.26. The Bertz CT molecular complexity index is 2660. The molecule has 0 N–H and O–H groups in total. The van der Waals surface area contributed by atoms with E-state index in [1.54, 1.807) is 6.20 Å². The van der Waals surface area contributed by atoms with E-state index in [-0.39, 0.29) is 0 Å². The maximum atomic E-state index is 16.4. The number of benzene rings is 7. The van der Waals surface area contributed by atoms with Crippen LogP contribution in [-0.4, -0.2) is 14.8 Å². The van der Waals surface area contributed by atoms with Crippen LogP contribution in [0.3, 0.4) is 0 Å². The van der Waals surface area contributed by atoms with E-state index < -0.39 is 7.14 Å². The summed E-state index contributed by atoms with van der Waals surface area (Å²) < 4.78 is 18.5. The molecule has 0 bridgehead atoms. The van der Waals surface area contributed by atoms with Crippen LogP contribution >= 0.6 is 7.14 Å². The van der Waals surface area contributed by atoms with Crippen molar-refractivity contribution in [3.05, 3.63) is 194 Å². The maximum absolute atomic E-state index is 16.4. The van der Waals surface area contributed by atoms with Crippen molar-refractivity contribution in [1.82, 2.24) is 14.8 Å². The zero-order valence-electron chi connectivity index (χ0n) is 27.7. The van der Waals surface area contributed by atoms with Crippen molar-refractivity contribution in [2.24, 2.45) is 0 Å². The standard InChI is InChI=1S/C46H32N3OP/c50-51(36-21-6-2-7-22-36,37-23-8-3-9-24-37)46-44(42-30-29-38(35-20-15-31-47-32-35)40-26-12-13-27-41(40)42)45(34-17-4-1-5-18-34)49(48-46)43-28-14-19-33-16-10-11-25-39(33)43/h1-32H. The third kappa shape index (κ3) is 5.20. The highest BCUT2D eigenvalue weighted by atomic mass is 31.2. The highest BCUT2D eigenvalue weighted by molar-refractivity contribution is 7.85. The minimum absolute atomic E-state index is 0.547. The predicted octanol–water partition coefficient (Wildman–Crippen LogP) is 10.2. The van der Waals surface area contributed by atoms with E-state index in [2.05, 4.69) is 114 Å². The van der Waals surface area contributed by atoms with Gasteiger partial charge in [0, 0.05) is 45.1 Å². The van der Waals surface area contributed by atoms with Gasteiger partial charge in [-0.15, -0.1) is 0 Å². The van der Waals surface area contributed by atoms with Crippen LogP contribution in [0.2, 0.25) is 0 Å². The first-order chi connectivity index (χ1) is 25.2. The van der Waals surface area contributed by atoms with E-state index >= 15 is 4.57 Å². The number of aromatic nitrogens is 3. The van der Waals surface area contributed by atoms with E-state index in [1.807, 2.05) is 83.7 Å². The number of hydrogen-bond acceptors (Lipinski definition) is 3. The average Bonchev–Trinajstić information content (AvgIpc) is 3.62. The highest BCUT2D eigenvalue weighted by Gasteiger charge is 2.38. The molecule has 0 spiro atoms. The Balaban J connectivity index is 1.48. The largest absolute Gasteiger partial charge is 0.307 e. The first-order valence-electron chi connectivity index (χ1n) is 17.0. The summed E-state index contributed by atoms with van der Waals surface area (Å²) in [5, 5.41) is 11.3. The Kier molecular flexibility index (Phi) is 7.72. The smallest absolute Gasteiger partial charge is 0.191 e. The number of fused-ring (bicyclic) bond motifs is 2. The van der Waals surface area contributed by atoms with Gasteiger partial charge in [-0.2, -0.15) is 5.10 Å². The van der Waals surface area contributed by atoms with Gasteiger partial charge in [-0.05, 0) is 39.4 Å². The fraction of sp³-hybridized carbons (Fsp3) is 0. The van der Waals surface area contributed by atoms with Gasteiger partial charge < -0.3 is 4.57 Å². The molecule has 0 aliphatic carbocycles. The first-order valence-corrected chi connectivity index (χ1v) is 18.7. The van der Waals surface area contributed by atoms with Crippen LogP contribution in [0.15, 0.2) is 194 Å². The summed E-state index contributed by atoms with van der Waals surface area (Å²) in [6.07, 6.45) is 3.70. The molecular formula is C46H32N3OP. The molecule has 0 saturated heterocycles. The van der Waals surface area contributed by atoms with Crippen LogP contribution in [0.4, 0.5) is 0 Å². The highest BCUT2D eigenvalue weighted by Crippen LogP contribution is 2.49. The molecule has 242 valence electrons. The van der Waals surface area contributed by atoms with E-state index in [4.69, 9.17) is 5.10 Å². The van der Waals surface area contributed by atoms with Gasteiger partial charge in [0.15, 0.2) is 7.14 Å². The third-order valence-electron chi connectivity index (χ3n) is 9.61. The van der Waals surface area contributed by atoms with Crippen LogP contribution in [0.5, 0.6) is 0 Å². The van der Waals surface area contributed by atoms with Gasteiger partial charge in [-0.25, -0.2) is 4.68 Å². The molecule has 5 heteroatoms. The molecule has 9 aromatic rings. The molecule has 0 amide bonds. The van der Waals surface area contributed by atoms with E-state index in [9.17, 15) is 0 Å². The molecule has 0 atom stereocenters. The fourth-order valence-corrected chi connectivity index (χ4v) is 9.99. The zero-order chi connectivity index (χ0) is 34.2. The van der Waals surface area contributed by atoms with Crippen LogP contribution in [0.25, 0.3) is 60.7 Å². The topological polar surface area (TPSA) is 47.8 Å². The lowest BCUT2D eigenvalue weighted by Crippen LogP contribution is -2.27. The summed E-state index contributed by atoms with van der Waals surface area (Å²) in [4.78, 5) is 4.43. The Hall–Kier alpha value is -6.35. The van der Waals surface area contributed by atoms with Gasteiger partial charge in [0.05, 0.1) is 11.4 Å². The minimum atomic E-state index is -3.58. The molecule has 0 aliphatic rings. The van der Waals surface area contributed by atoms with Crippen molar-refractivity contribution < 1.29 is 4.57 Å². The number of rotatable bonds is 7. The summed E-state index contributed by atoms with van der Waals surface area (Å²) in [5.74, 6) is 0. The van der Waals surface area contributed by atoms with Crippen LogP contribution < -0.4 is 16.0 Å². The fourth-order valence-electron chi connectivity index (χ4n) is 7.27. The summed E-state index contributed by atoms with van der Waals surface area (Å²) in [7, 11) is -3.58. The van der Waals surface area contributed by atoms with Crippen molar-refractivity contribution in [3.8, 4) is 39.2 Å². The van der Waals surface area contributed by atoms with Gasteiger partial charge in [0.2, 0.25) is 0 Å². The molecule has 0 aliphatic heterocycles. The monoisotopic (exact) mass is 673 g/mol. The average molecular weight is 674 g/mol. The van der Waals surface area contributed by atoms with E-state index in [0.29, 0.717) is 5.44 Å². The first kappa shape index (κ1) is 30.7. The van der Waals surface area contributed by atoms with Crippen LogP contribution in [-0.2, 0) is 4.57 Å². The molecule has 2 heterocycles. The van der Waals surface area contributed by atoms with E-state index in [1.165, 1.54) is 0 Å². The second kappa shape index (κ2) is 12.8. The zero-order valence-corrected chi connectivity index (χ0v) is 28.6. The SMILES string of the molecule is O=P(c1ccccc1)(c1ccccc1)c1nn(-c2cccc3ccccc23)c(-c2ccccc2)c1-c1ccc(-c2cccnc2)c2ccccc12. The van der Waals surface area contributed by atoms with Crippen molar-refractivity contribution >= 4 is 44.7 Å². The molecule has 9 rings (SSSR count). The quantitative estimate of drug-likeness (QED) is 0.158. The predicted molar refractivity (Wildman–Crippen MR) is 212 cm³/mol. The van der Waals surface area contributed by atoms with Gasteiger partial charge >= 0.3 is 0 Å². The molecule has 7 aromatic carbocycles. The third-order valence-corrected chi connectivity index (χ3v) is 12.6. The van der Waals surface area contributed by atoms with Crippen molar-refractivity contribution in [2.45, 2.75) is 0 Å². The van der Waals surface area contributed by atoms with Gasteiger partial charge in [-0.1, -0.05) is 170 Å². The summed E-state index contributed by atoms with van der Waals surface area (Å²) in [6.45, 7) is 0. The second-order valence-corrected chi connectivity index (χ2v) is 15.2.